The predicted molar refractivity (Wildman–Crippen MR) is 130 cm³/mol. The van der Waals surface area contributed by atoms with Gasteiger partial charge in [0.2, 0.25) is 15.9 Å². The molecule has 0 saturated carbocycles. The molecule has 0 aliphatic carbocycles. The largest absolute Gasteiger partial charge is 0.457 e. The van der Waals surface area contributed by atoms with E-state index in [9.17, 15) is 13.2 Å². The highest BCUT2D eigenvalue weighted by molar-refractivity contribution is 7.89. The Morgan fingerprint density at radius 3 is 2.39 bits per heavy atom. The number of anilines is 1. The summed E-state index contributed by atoms with van der Waals surface area (Å²) in [5.74, 6) is 0.653. The second-order valence-electron chi connectivity index (χ2n) is 7.71. The van der Waals surface area contributed by atoms with Crippen LogP contribution in [0.4, 0.5) is 5.69 Å². The van der Waals surface area contributed by atoms with Crippen molar-refractivity contribution in [3.05, 3.63) is 82.8 Å². The Morgan fingerprint density at radius 1 is 0.970 bits per heavy atom. The summed E-state index contributed by atoms with van der Waals surface area (Å²) in [4.78, 5) is 12.8. The quantitative estimate of drug-likeness (QED) is 0.458. The van der Waals surface area contributed by atoms with Gasteiger partial charge in [-0.3, -0.25) is 4.79 Å². The third-order valence-corrected chi connectivity index (χ3v) is 7.95. The van der Waals surface area contributed by atoms with Crippen molar-refractivity contribution in [2.75, 3.05) is 18.4 Å². The second kappa shape index (κ2) is 10.1. The molecule has 0 bridgehead atoms. The first-order valence-corrected chi connectivity index (χ1v) is 12.6. The minimum absolute atomic E-state index is 0.0493. The van der Waals surface area contributed by atoms with E-state index in [0.29, 0.717) is 30.8 Å². The molecule has 1 saturated heterocycles. The molecule has 0 unspecified atom stereocenters. The smallest absolute Gasteiger partial charge is 0.244 e. The third kappa shape index (κ3) is 5.68. The monoisotopic (exact) mass is 504 g/mol. The lowest BCUT2D eigenvalue weighted by Crippen LogP contribution is -2.43. The van der Waals surface area contributed by atoms with Crippen LogP contribution < -0.4 is 10.1 Å². The molecule has 3 aromatic carbocycles. The van der Waals surface area contributed by atoms with E-state index in [1.54, 1.807) is 24.3 Å². The Labute approximate surface area is 203 Å². The molecule has 4 rings (SSSR count). The zero-order chi connectivity index (χ0) is 23.4. The number of para-hydroxylation sites is 1. The molecule has 0 spiro atoms. The Kier molecular flexibility index (Phi) is 7.24. The summed E-state index contributed by atoms with van der Waals surface area (Å²) in [7, 11) is -3.87. The number of rotatable bonds is 6. The first-order chi connectivity index (χ1) is 15.8. The van der Waals surface area contributed by atoms with Crippen molar-refractivity contribution in [3.8, 4) is 11.5 Å². The first kappa shape index (κ1) is 23.6. The van der Waals surface area contributed by atoms with Gasteiger partial charge in [0.15, 0.2) is 0 Å². The molecule has 9 heteroatoms. The van der Waals surface area contributed by atoms with Crippen LogP contribution in [0.25, 0.3) is 0 Å². The van der Waals surface area contributed by atoms with Gasteiger partial charge in [0.1, 0.15) is 16.4 Å². The van der Waals surface area contributed by atoms with E-state index in [0.717, 1.165) is 5.75 Å². The first-order valence-electron chi connectivity index (χ1n) is 10.4. The van der Waals surface area contributed by atoms with Gasteiger partial charge in [0.25, 0.3) is 0 Å². The SMILES string of the molecule is O=C(Nc1ccc(Oc2ccccc2)cc1)[C@H]1CCCN(S(=O)(=O)c2cc(Cl)ccc2Cl)C1. The fourth-order valence-corrected chi connectivity index (χ4v) is 5.92. The van der Waals surface area contributed by atoms with Crippen LogP contribution in [0.15, 0.2) is 77.7 Å². The maximum absolute atomic E-state index is 13.1. The molecule has 1 fully saturated rings. The van der Waals surface area contributed by atoms with Crippen molar-refractivity contribution in [2.24, 2.45) is 5.92 Å². The highest BCUT2D eigenvalue weighted by atomic mass is 35.5. The summed E-state index contributed by atoms with van der Waals surface area (Å²) in [6, 6.07) is 20.7. The lowest BCUT2D eigenvalue weighted by atomic mass is 9.99. The number of piperidine rings is 1. The van der Waals surface area contributed by atoms with Crippen LogP contribution in [0.5, 0.6) is 11.5 Å². The van der Waals surface area contributed by atoms with E-state index in [1.807, 2.05) is 30.3 Å². The van der Waals surface area contributed by atoms with Gasteiger partial charge in [-0.25, -0.2) is 8.42 Å². The van der Waals surface area contributed by atoms with Gasteiger partial charge < -0.3 is 10.1 Å². The molecule has 172 valence electrons. The van der Waals surface area contributed by atoms with Gasteiger partial charge in [0.05, 0.1) is 10.9 Å². The molecule has 1 N–H and O–H groups in total. The molecule has 1 aliphatic heterocycles. The van der Waals surface area contributed by atoms with Crippen LogP contribution in [0, 0.1) is 5.92 Å². The Hall–Kier alpha value is -2.58. The number of halogens is 2. The average molecular weight is 505 g/mol. The maximum Gasteiger partial charge on any atom is 0.244 e. The number of carbonyl (C=O) groups excluding carboxylic acids is 1. The second-order valence-corrected chi connectivity index (χ2v) is 10.5. The summed E-state index contributed by atoms with van der Waals surface area (Å²) >= 11 is 12.1. The van der Waals surface area contributed by atoms with E-state index >= 15 is 0 Å². The number of nitrogens with zero attached hydrogens (tertiary/aromatic N) is 1. The van der Waals surface area contributed by atoms with Gasteiger partial charge in [-0.15, -0.1) is 0 Å². The van der Waals surface area contributed by atoms with Crippen molar-refractivity contribution < 1.29 is 17.9 Å². The highest BCUT2D eigenvalue weighted by Crippen LogP contribution is 2.31. The molecule has 3 aromatic rings. The summed E-state index contributed by atoms with van der Waals surface area (Å²) in [5, 5.41) is 3.25. The van der Waals surface area contributed by atoms with Crippen molar-refractivity contribution in [3.63, 3.8) is 0 Å². The van der Waals surface area contributed by atoms with Crippen LogP contribution >= 0.6 is 23.2 Å². The average Bonchev–Trinajstić information content (AvgIpc) is 2.82. The summed E-state index contributed by atoms with van der Waals surface area (Å²) in [6.07, 6.45) is 1.16. The molecule has 33 heavy (non-hydrogen) atoms. The molecular weight excluding hydrogens is 483 g/mol. The van der Waals surface area contributed by atoms with E-state index in [-0.39, 0.29) is 27.4 Å². The topological polar surface area (TPSA) is 75.7 Å². The van der Waals surface area contributed by atoms with Crippen LogP contribution in [-0.4, -0.2) is 31.7 Å². The number of hydrogen-bond acceptors (Lipinski definition) is 4. The van der Waals surface area contributed by atoms with Gasteiger partial charge in [-0.1, -0.05) is 41.4 Å². The van der Waals surface area contributed by atoms with Crippen molar-refractivity contribution >= 4 is 44.8 Å². The Balaban J connectivity index is 1.41. The van der Waals surface area contributed by atoms with Gasteiger partial charge >= 0.3 is 0 Å². The summed E-state index contributed by atoms with van der Waals surface area (Å²) in [6.45, 7) is 0.396. The molecule has 1 aliphatic rings. The van der Waals surface area contributed by atoms with Crippen LogP contribution in [-0.2, 0) is 14.8 Å². The number of hydrogen-bond donors (Lipinski definition) is 1. The van der Waals surface area contributed by atoms with Gasteiger partial charge in [-0.2, -0.15) is 4.31 Å². The molecule has 1 amide bonds. The number of amides is 1. The van der Waals surface area contributed by atoms with E-state index < -0.39 is 15.9 Å². The van der Waals surface area contributed by atoms with Crippen molar-refractivity contribution in [2.45, 2.75) is 17.7 Å². The van der Waals surface area contributed by atoms with E-state index in [4.69, 9.17) is 27.9 Å². The number of sulfonamides is 1. The number of ether oxygens (including phenoxy) is 1. The fraction of sp³-hybridized carbons (Fsp3) is 0.208. The Morgan fingerprint density at radius 2 is 1.67 bits per heavy atom. The lowest BCUT2D eigenvalue weighted by Gasteiger charge is -2.31. The molecule has 0 aromatic heterocycles. The standard InChI is InChI=1S/C24H22Cl2N2O4S/c25-18-8-13-22(26)23(15-18)33(30,31)28-14-4-5-17(16-28)24(29)27-19-9-11-21(12-10-19)32-20-6-2-1-3-7-20/h1-3,6-13,15,17H,4-5,14,16H2,(H,27,29)/t17-/m0/s1. The summed E-state index contributed by atoms with van der Waals surface area (Å²) in [5.41, 5.74) is 0.610. The van der Waals surface area contributed by atoms with E-state index in [2.05, 4.69) is 5.32 Å². The van der Waals surface area contributed by atoms with E-state index in [1.165, 1.54) is 22.5 Å². The molecule has 0 radical (unpaired) electrons. The summed E-state index contributed by atoms with van der Waals surface area (Å²) < 4.78 is 33.3. The fourth-order valence-electron chi connectivity index (χ4n) is 3.66. The predicted octanol–water partition coefficient (Wildman–Crippen LogP) is 5.83. The molecule has 1 heterocycles. The van der Waals surface area contributed by atoms with Gasteiger partial charge in [-0.05, 0) is 67.4 Å². The number of carbonyl (C=O) groups is 1. The zero-order valence-corrected chi connectivity index (χ0v) is 19.9. The van der Waals surface area contributed by atoms with Gasteiger partial charge in [0, 0.05) is 23.8 Å². The Bertz CT molecular complexity index is 1240. The lowest BCUT2D eigenvalue weighted by molar-refractivity contribution is -0.120. The highest BCUT2D eigenvalue weighted by Gasteiger charge is 2.34. The molecular formula is C24H22Cl2N2O4S. The normalized spacial score (nSPS) is 16.8. The minimum atomic E-state index is -3.87. The van der Waals surface area contributed by atoms with Crippen molar-refractivity contribution in [1.82, 2.24) is 4.31 Å². The maximum atomic E-state index is 13.1. The minimum Gasteiger partial charge on any atom is -0.457 e. The van der Waals surface area contributed by atoms with Crippen LogP contribution in [0.3, 0.4) is 0 Å². The molecule has 1 atom stereocenters. The number of benzene rings is 3. The van der Waals surface area contributed by atoms with Crippen LogP contribution in [0.2, 0.25) is 10.0 Å². The van der Waals surface area contributed by atoms with Crippen molar-refractivity contribution in [1.29, 1.82) is 0 Å². The van der Waals surface area contributed by atoms with Crippen LogP contribution in [0.1, 0.15) is 12.8 Å². The third-order valence-electron chi connectivity index (χ3n) is 5.37. The number of nitrogens with one attached hydrogen (secondary N) is 1. The molecule has 6 nitrogen and oxygen atoms in total. The zero-order valence-electron chi connectivity index (χ0n) is 17.6.